The largest absolute Gasteiger partial charge is 0.465 e. The van der Waals surface area contributed by atoms with E-state index in [4.69, 9.17) is 4.74 Å². The smallest absolute Gasteiger partial charge is 0.327 e. The lowest BCUT2D eigenvalue weighted by Crippen LogP contribution is -2.13. The Hall–Kier alpha value is -1.80. The summed E-state index contributed by atoms with van der Waals surface area (Å²) in [5, 5.41) is 17.8. The standard InChI is InChI=1S/C12H13BrN4O3/c1-2-20-11(18)7-17-6-9(15-16-17)12(19)8-4-3-5-10(13)14-8/h3-6,12,19H,2,7H2,1H3. The number of carbonyl (C=O) groups is 1. The quantitative estimate of drug-likeness (QED) is 0.647. The molecule has 1 N–H and O–H groups in total. The summed E-state index contributed by atoms with van der Waals surface area (Å²) in [6, 6.07) is 5.20. The predicted molar refractivity (Wildman–Crippen MR) is 72.7 cm³/mol. The van der Waals surface area contributed by atoms with Crippen molar-refractivity contribution < 1.29 is 14.6 Å². The minimum absolute atomic E-state index is 0.0422. The molecule has 8 heteroatoms. The summed E-state index contributed by atoms with van der Waals surface area (Å²) >= 11 is 3.23. The zero-order chi connectivity index (χ0) is 14.5. The Bertz CT molecular complexity index is 602. The molecule has 0 saturated carbocycles. The van der Waals surface area contributed by atoms with Gasteiger partial charge in [0.25, 0.3) is 0 Å². The molecule has 0 aliphatic rings. The molecule has 2 rings (SSSR count). The predicted octanol–water partition coefficient (Wildman–Crippen LogP) is 1.08. The highest BCUT2D eigenvalue weighted by atomic mass is 79.9. The van der Waals surface area contributed by atoms with Crippen LogP contribution < -0.4 is 0 Å². The minimum Gasteiger partial charge on any atom is -0.465 e. The third kappa shape index (κ3) is 3.61. The third-order valence-corrected chi connectivity index (χ3v) is 2.89. The second-order valence-corrected chi connectivity index (χ2v) is 4.75. The first kappa shape index (κ1) is 14.6. The van der Waals surface area contributed by atoms with E-state index in [1.165, 1.54) is 10.9 Å². The topological polar surface area (TPSA) is 90.1 Å². The van der Waals surface area contributed by atoms with Crippen molar-refractivity contribution in [2.75, 3.05) is 6.61 Å². The Labute approximate surface area is 123 Å². The molecule has 0 aliphatic carbocycles. The molecule has 106 valence electrons. The SMILES string of the molecule is CCOC(=O)Cn1cc(C(O)c2cccc(Br)n2)nn1. The average molecular weight is 341 g/mol. The minimum atomic E-state index is -0.997. The van der Waals surface area contributed by atoms with E-state index in [1.807, 2.05) is 0 Å². The number of nitrogens with zero attached hydrogens (tertiary/aromatic N) is 4. The van der Waals surface area contributed by atoms with Crippen LogP contribution in [0.1, 0.15) is 24.4 Å². The van der Waals surface area contributed by atoms with E-state index in [0.29, 0.717) is 22.6 Å². The van der Waals surface area contributed by atoms with E-state index in [2.05, 4.69) is 31.2 Å². The number of aliphatic hydroxyl groups excluding tert-OH is 1. The van der Waals surface area contributed by atoms with Gasteiger partial charge in [-0.25, -0.2) is 9.67 Å². The highest BCUT2D eigenvalue weighted by molar-refractivity contribution is 9.10. The highest BCUT2D eigenvalue weighted by Gasteiger charge is 2.17. The molecule has 0 saturated heterocycles. The first-order chi connectivity index (χ1) is 9.60. The second-order valence-electron chi connectivity index (χ2n) is 3.93. The van der Waals surface area contributed by atoms with E-state index >= 15 is 0 Å². The molecule has 0 fully saturated rings. The zero-order valence-electron chi connectivity index (χ0n) is 10.7. The first-order valence-corrected chi connectivity index (χ1v) is 6.75. The number of aromatic nitrogens is 4. The maximum absolute atomic E-state index is 11.3. The Morgan fingerprint density at radius 2 is 2.30 bits per heavy atom. The molecule has 7 nitrogen and oxygen atoms in total. The van der Waals surface area contributed by atoms with Crippen LogP contribution in [0.3, 0.4) is 0 Å². The number of hydrogen-bond donors (Lipinski definition) is 1. The van der Waals surface area contributed by atoms with Crippen molar-refractivity contribution in [3.8, 4) is 0 Å². The molecule has 2 heterocycles. The average Bonchev–Trinajstić information content (AvgIpc) is 2.86. The van der Waals surface area contributed by atoms with Crippen LogP contribution in [0.15, 0.2) is 29.0 Å². The highest BCUT2D eigenvalue weighted by Crippen LogP contribution is 2.19. The van der Waals surface area contributed by atoms with E-state index in [0.717, 1.165) is 0 Å². The molecule has 0 aromatic carbocycles. The molecular formula is C12H13BrN4O3. The Kier molecular flexibility index (Phi) is 4.80. The molecule has 0 amide bonds. The normalized spacial score (nSPS) is 12.2. The van der Waals surface area contributed by atoms with Gasteiger partial charge in [-0.3, -0.25) is 4.79 Å². The van der Waals surface area contributed by atoms with Gasteiger partial charge in [-0.05, 0) is 35.0 Å². The Morgan fingerprint density at radius 3 is 3.00 bits per heavy atom. The second kappa shape index (κ2) is 6.58. The van der Waals surface area contributed by atoms with Crippen molar-refractivity contribution in [3.05, 3.63) is 40.4 Å². The van der Waals surface area contributed by atoms with Crippen LogP contribution in [0.4, 0.5) is 0 Å². The lowest BCUT2D eigenvalue weighted by molar-refractivity contribution is -0.144. The third-order valence-electron chi connectivity index (χ3n) is 2.45. The van der Waals surface area contributed by atoms with E-state index in [1.54, 1.807) is 25.1 Å². The monoisotopic (exact) mass is 340 g/mol. The van der Waals surface area contributed by atoms with Gasteiger partial charge in [0.2, 0.25) is 0 Å². The fourth-order valence-electron chi connectivity index (χ4n) is 1.58. The van der Waals surface area contributed by atoms with Crippen molar-refractivity contribution in [3.63, 3.8) is 0 Å². The molecule has 1 atom stereocenters. The fourth-order valence-corrected chi connectivity index (χ4v) is 1.94. The number of aliphatic hydroxyl groups is 1. The van der Waals surface area contributed by atoms with Crippen LogP contribution in [0.2, 0.25) is 0 Å². The summed E-state index contributed by atoms with van der Waals surface area (Å²) < 4.78 is 6.74. The summed E-state index contributed by atoms with van der Waals surface area (Å²) in [4.78, 5) is 15.5. The van der Waals surface area contributed by atoms with Gasteiger partial charge in [-0.2, -0.15) is 0 Å². The van der Waals surface area contributed by atoms with Crippen molar-refractivity contribution in [2.45, 2.75) is 19.6 Å². The van der Waals surface area contributed by atoms with Crippen molar-refractivity contribution in [1.82, 2.24) is 20.0 Å². The molecular weight excluding hydrogens is 328 g/mol. The van der Waals surface area contributed by atoms with Crippen LogP contribution in [-0.4, -0.2) is 37.7 Å². The van der Waals surface area contributed by atoms with Gasteiger partial charge in [0.05, 0.1) is 18.5 Å². The fraction of sp³-hybridized carbons (Fsp3) is 0.333. The van der Waals surface area contributed by atoms with Crippen LogP contribution in [-0.2, 0) is 16.1 Å². The summed E-state index contributed by atoms with van der Waals surface area (Å²) in [5.74, 6) is -0.404. The summed E-state index contributed by atoms with van der Waals surface area (Å²) in [6.07, 6.45) is 0.493. The number of carbonyl (C=O) groups excluding carboxylic acids is 1. The van der Waals surface area contributed by atoms with Gasteiger partial charge in [0, 0.05) is 0 Å². The van der Waals surface area contributed by atoms with Gasteiger partial charge >= 0.3 is 5.97 Å². The van der Waals surface area contributed by atoms with Gasteiger partial charge in [0.15, 0.2) is 0 Å². The summed E-state index contributed by atoms with van der Waals surface area (Å²) in [6.45, 7) is 2.00. The van der Waals surface area contributed by atoms with Gasteiger partial charge in [-0.1, -0.05) is 11.3 Å². The molecule has 2 aromatic heterocycles. The molecule has 20 heavy (non-hydrogen) atoms. The van der Waals surface area contributed by atoms with Gasteiger partial charge < -0.3 is 9.84 Å². The van der Waals surface area contributed by atoms with Crippen molar-refractivity contribution in [1.29, 1.82) is 0 Å². The Balaban J connectivity index is 2.10. The number of esters is 1. The number of ether oxygens (including phenoxy) is 1. The van der Waals surface area contributed by atoms with Crippen LogP contribution >= 0.6 is 15.9 Å². The van der Waals surface area contributed by atoms with Crippen molar-refractivity contribution in [2.24, 2.45) is 0 Å². The molecule has 0 radical (unpaired) electrons. The molecule has 2 aromatic rings. The van der Waals surface area contributed by atoms with Crippen molar-refractivity contribution >= 4 is 21.9 Å². The maximum Gasteiger partial charge on any atom is 0.327 e. The van der Waals surface area contributed by atoms with E-state index in [-0.39, 0.29) is 6.54 Å². The van der Waals surface area contributed by atoms with Gasteiger partial charge in [-0.15, -0.1) is 5.10 Å². The van der Waals surface area contributed by atoms with Crippen LogP contribution in [0.25, 0.3) is 0 Å². The molecule has 0 aliphatic heterocycles. The van der Waals surface area contributed by atoms with E-state index < -0.39 is 12.1 Å². The molecule has 1 unspecified atom stereocenters. The molecule has 0 spiro atoms. The van der Waals surface area contributed by atoms with Crippen LogP contribution in [0, 0.1) is 0 Å². The number of pyridine rings is 1. The first-order valence-electron chi connectivity index (χ1n) is 5.96. The number of rotatable bonds is 5. The van der Waals surface area contributed by atoms with E-state index in [9.17, 15) is 9.90 Å². The summed E-state index contributed by atoms with van der Waals surface area (Å²) in [7, 11) is 0. The van der Waals surface area contributed by atoms with Gasteiger partial charge in [0.1, 0.15) is 22.9 Å². The summed E-state index contributed by atoms with van der Waals surface area (Å²) in [5.41, 5.74) is 0.766. The lowest BCUT2D eigenvalue weighted by Gasteiger charge is -2.06. The number of halogens is 1. The Morgan fingerprint density at radius 1 is 1.50 bits per heavy atom. The van der Waals surface area contributed by atoms with Crippen LogP contribution in [0.5, 0.6) is 0 Å². The molecule has 0 bridgehead atoms. The number of hydrogen-bond acceptors (Lipinski definition) is 6. The lowest BCUT2D eigenvalue weighted by atomic mass is 10.2. The zero-order valence-corrected chi connectivity index (χ0v) is 12.3. The maximum atomic E-state index is 11.3.